The van der Waals surface area contributed by atoms with E-state index < -0.39 is 28.0 Å². The summed E-state index contributed by atoms with van der Waals surface area (Å²) in [5.41, 5.74) is 0.906. The highest BCUT2D eigenvalue weighted by Gasteiger charge is 2.37. The number of hydrogen-bond donors (Lipinski definition) is 1. The summed E-state index contributed by atoms with van der Waals surface area (Å²) in [6.45, 7) is 4.07. The average Bonchev–Trinajstić information content (AvgIpc) is 2.85. The average molecular weight is 575 g/mol. The van der Waals surface area contributed by atoms with Crippen LogP contribution in [0.1, 0.15) is 18.1 Å². The number of urea groups is 1. The molecule has 3 aromatic rings. The summed E-state index contributed by atoms with van der Waals surface area (Å²) in [6, 6.07) is 13.8. The molecule has 1 fully saturated rings. The summed E-state index contributed by atoms with van der Waals surface area (Å²) in [6.07, 6.45) is 1.18. The molecule has 1 heterocycles. The molecule has 0 saturated carbocycles. The summed E-state index contributed by atoms with van der Waals surface area (Å²) < 4.78 is 35.9. The third kappa shape index (κ3) is 5.67. The van der Waals surface area contributed by atoms with Crippen LogP contribution in [0.4, 0.5) is 10.5 Å². The zero-order valence-electron chi connectivity index (χ0n) is 20.0. The van der Waals surface area contributed by atoms with Crippen molar-refractivity contribution < 1.29 is 31.7 Å². The Bertz CT molecular complexity index is 1550. The molecule has 1 aliphatic heterocycles. The topological polar surface area (TPSA) is 119 Å². The van der Waals surface area contributed by atoms with E-state index in [0.717, 1.165) is 10.5 Å². The number of ether oxygens (including phenoxy) is 1. The Balaban J connectivity index is 1.64. The number of halogens is 2. The van der Waals surface area contributed by atoms with Gasteiger partial charge in [0.15, 0.2) is 5.75 Å². The molecule has 1 N–H and O–H groups in total. The van der Waals surface area contributed by atoms with Gasteiger partial charge in [0.25, 0.3) is 11.8 Å². The molecule has 0 bridgehead atoms. The lowest BCUT2D eigenvalue weighted by atomic mass is 10.1. The SMILES string of the molecule is CCOc1ccc(N2C(=O)NC(=O)/C(=C\c3cc(Cl)c(OS(=O)(=O)c4ccc(C)cc4)c(Cl)c3)C2=O)cc1. The van der Waals surface area contributed by atoms with Crippen LogP contribution in [0.15, 0.2) is 71.1 Å². The van der Waals surface area contributed by atoms with Gasteiger partial charge in [-0.2, -0.15) is 8.42 Å². The molecule has 1 aliphatic rings. The van der Waals surface area contributed by atoms with Crippen molar-refractivity contribution in [1.82, 2.24) is 5.32 Å². The van der Waals surface area contributed by atoms with E-state index in [1.54, 1.807) is 24.3 Å². The van der Waals surface area contributed by atoms with E-state index in [0.29, 0.717) is 12.4 Å². The highest BCUT2D eigenvalue weighted by atomic mass is 35.5. The van der Waals surface area contributed by atoms with Gasteiger partial charge in [-0.05, 0) is 74.0 Å². The number of rotatable bonds is 7. The second-order valence-electron chi connectivity index (χ2n) is 8.05. The van der Waals surface area contributed by atoms with Gasteiger partial charge in [0.1, 0.15) is 16.2 Å². The molecule has 3 aromatic carbocycles. The van der Waals surface area contributed by atoms with Crippen LogP contribution >= 0.6 is 23.2 Å². The normalized spacial score (nSPS) is 15.0. The molecule has 0 aliphatic carbocycles. The van der Waals surface area contributed by atoms with E-state index in [-0.39, 0.29) is 37.5 Å². The van der Waals surface area contributed by atoms with Crippen molar-refractivity contribution in [3.8, 4) is 11.5 Å². The second-order valence-corrected chi connectivity index (χ2v) is 10.4. The smallest absolute Gasteiger partial charge is 0.339 e. The van der Waals surface area contributed by atoms with E-state index in [2.05, 4.69) is 5.32 Å². The highest BCUT2D eigenvalue weighted by Crippen LogP contribution is 2.37. The van der Waals surface area contributed by atoms with Crippen LogP contribution in [-0.4, -0.2) is 32.9 Å². The zero-order chi connectivity index (χ0) is 27.6. The summed E-state index contributed by atoms with van der Waals surface area (Å²) in [7, 11) is -4.24. The molecule has 0 atom stereocenters. The van der Waals surface area contributed by atoms with Gasteiger partial charge < -0.3 is 8.92 Å². The van der Waals surface area contributed by atoms with Gasteiger partial charge in [0.05, 0.1) is 22.3 Å². The fourth-order valence-electron chi connectivity index (χ4n) is 3.52. The van der Waals surface area contributed by atoms with Gasteiger partial charge in [-0.3, -0.25) is 14.9 Å². The van der Waals surface area contributed by atoms with Gasteiger partial charge >= 0.3 is 16.1 Å². The van der Waals surface area contributed by atoms with Crippen molar-refractivity contribution in [3.05, 3.63) is 87.4 Å². The lowest BCUT2D eigenvalue weighted by Gasteiger charge is -2.26. The maximum Gasteiger partial charge on any atom is 0.339 e. The predicted octanol–water partition coefficient (Wildman–Crippen LogP) is 5.13. The first kappa shape index (κ1) is 27.2. The number of anilines is 1. The van der Waals surface area contributed by atoms with Crippen LogP contribution in [0.5, 0.6) is 11.5 Å². The number of amides is 4. The van der Waals surface area contributed by atoms with Gasteiger partial charge in [0, 0.05) is 0 Å². The molecule has 196 valence electrons. The van der Waals surface area contributed by atoms with Crippen molar-refractivity contribution in [2.45, 2.75) is 18.7 Å². The van der Waals surface area contributed by atoms with Gasteiger partial charge in [-0.15, -0.1) is 0 Å². The minimum absolute atomic E-state index is 0.0926. The number of nitrogens with one attached hydrogen (secondary N) is 1. The lowest BCUT2D eigenvalue weighted by molar-refractivity contribution is -0.122. The molecular formula is C26H20Cl2N2O7S. The second kappa shape index (κ2) is 10.9. The largest absolute Gasteiger partial charge is 0.494 e. The van der Waals surface area contributed by atoms with E-state index in [4.69, 9.17) is 32.1 Å². The van der Waals surface area contributed by atoms with E-state index >= 15 is 0 Å². The monoisotopic (exact) mass is 574 g/mol. The third-order valence-electron chi connectivity index (χ3n) is 5.34. The molecule has 1 saturated heterocycles. The molecule has 0 unspecified atom stereocenters. The Kier molecular flexibility index (Phi) is 7.77. The van der Waals surface area contributed by atoms with Crippen LogP contribution in [0, 0.1) is 6.92 Å². The number of hydrogen-bond acceptors (Lipinski definition) is 7. The van der Waals surface area contributed by atoms with Crippen LogP contribution in [0.2, 0.25) is 10.0 Å². The number of carbonyl (C=O) groups is 3. The molecule has 4 rings (SSSR count). The Hall–Kier alpha value is -3.86. The summed E-state index contributed by atoms with van der Waals surface area (Å²) in [5.74, 6) is -1.57. The molecule has 0 radical (unpaired) electrons. The van der Waals surface area contributed by atoms with Gasteiger partial charge in [-0.25, -0.2) is 9.69 Å². The van der Waals surface area contributed by atoms with Crippen molar-refractivity contribution in [1.29, 1.82) is 0 Å². The number of benzene rings is 3. The molecule has 0 aromatic heterocycles. The number of imide groups is 2. The number of nitrogens with zero attached hydrogens (tertiary/aromatic N) is 1. The molecule has 0 spiro atoms. The van der Waals surface area contributed by atoms with Crippen molar-refractivity contribution in [2.75, 3.05) is 11.5 Å². The standard InChI is InChI=1S/C26H20Cl2N2O7S/c1-3-36-18-8-6-17(7-9-18)30-25(32)20(24(31)29-26(30)33)12-16-13-21(27)23(22(28)14-16)37-38(34,35)19-10-4-15(2)5-11-19/h4-14H,3H2,1-2H3,(H,29,31,33)/b20-12+. The number of barbiturate groups is 1. The van der Waals surface area contributed by atoms with E-state index in [1.165, 1.54) is 42.5 Å². The molecule has 4 amide bonds. The Morgan fingerprint density at radius 1 is 0.947 bits per heavy atom. The number of aryl methyl sites for hydroxylation is 1. The summed E-state index contributed by atoms with van der Waals surface area (Å²) in [5, 5.41) is 1.76. The molecule has 12 heteroatoms. The van der Waals surface area contributed by atoms with E-state index in [9.17, 15) is 22.8 Å². The first-order chi connectivity index (χ1) is 18.0. The highest BCUT2D eigenvalue weighted by molar-refractivity contribution is 7.87. The number of carbonyl (C=O) groups excluding carboxylic acids is 3. The van der Waals surface area contributed by atoms with Crippen LogP contribution in [0.25, 0.3) is 6.08 Å². The van der Waals surface area contributed by atoms with Crippen molar-refractivity contribution in [3.63, 3.8) is 0 Å². The van der Waals surface area contributed by atoms with Crippen LogP contribution in [0.3, 0.4) is 0 Å². The van der Waals surface area contributed by atoms with E-state index in [1.807, 2.05) is 13.8 Å². The van der Waals surface area contributed by atoms with Crippen LogP contribution in [-0.2, 0) is 19.7 Å². The Labute approximate surface area is 228 Å². The molecule has 38 heavy (non-hydrogen) atoms. The van der Waals surface area contributed by atoms with Crippen molar-refractivity contribution in [2.24, 2.45) is 0 Å². The Morgan fingerprint density at radius 2 is 1.55 bits per heavy atom. The minimum Gasteiger partial charge on any atom is -0.494 e. The van der Waals surface area contributed by atoms with Gasteiger partial charge in [-0.1, -0.05) is 40.9 Å². The van der Waals surface area contributed by atoms with Crippen LogP contribution < -0.4 is 19.1 Å². The molecule has 9 nitrogen and oxygen atoms in total. The molecular weight excluding hydrogens is 555 g/mol. The minimum atomic E-state index is -4.24. The maximum absolute atomic E-state index is 13.1. The summed E-state index contributed by atoms with van der Waals surface area (Å²) in [4.78, 5) is 38.8. The Morgan fingerprint density at radius 3 is 2.13 bits per heavy atom. The third-order valence-corrected chi connectivity index (χ3v) is 7.14. The van der Waals surface area contributed by atoms with Gasteiger partial charge in [0.2, 0.25) is 0 Å². The summed E-state index contributed by atoms with van der Waals surface area (Å²) >= 11 is 12.5. The first-order valence-corrected chi connectivity index (χ1v) is 13.3. The maximum atomic E-state index is 13.1. The first-order valence-electron chi connectivity index (χ1n) is 11.1. The lowest BCUT2D eigenvalue weighted by Crippen LogP contribution is -2.54. The zero-order valence-corrected chi connectivity index (χ0v) is 22.4. The van der Waals surface area contributed by atoms with Crippen molar-refractivity contribution >= 4 is 62.9 Å². The fraction of sp³-hybridized carbons (Fsp3) is 0.115. The quantitative estimate of drug-likeness (QED) is 0.236. The fourth-order valence-corrected chi connectivity index (χ4v) is 5.16. The predicted molar refractivity (Wildman–Crippen MR) is 142 cm³/mol.